The maximum Gasteiger partial charge on any atom is 0.305 e. The summed E-state index contributed by atoms with van der Waals surface area (Å²) in [5.41, 5.74) is -0.204. The molecule has 0 aliphatic heterocycles. The number of carbonyl (C=O) groups excluding carboxylic acids is 1. The summed E-state index contributed by atoms with van der Waals surface area (Å²) in [6, 6.07) is 8.33. The van der Waals surface area contributed by atoms with Crippen LogP contribution in [0.2, 0.25) is 0 Å². The molecule has 1 aliphatic rings. The summed E-state index contributed by atoms with van der Waals surface area (Å²) in [6.45, 7) is 0. The normalized spacial score (nSPS) is 16.3. The first kappa shape index (κ1) is 15.3. The first-order chi connectivity index (χ1) is 11.0. The van der Waals surface area contributed by atoms with Crippen molar-refractivity contribution in [3.05, 3.63) is 46.2 Å². The number of pyridine rings is 1. The summed E-state index contributed by atoms with van der Waals surface area (Å²) in [5.74, 6) is -1.32. The molecule has 3 N–H and O–H groups in total. The fourth-order valence-electron chi connectivity index (χ4n) is 3.39. The van der Waals surface area contributed by atoms with E-state index in [9.17, 15) is 14.4 Å². The maximum absolute atomic E-state index is 12.7. The highest BCUT2D eigenvalue weighted by Crippen LogP contribution is 2.33. The second-order valence-electron chi connectivity index (χ2n) is 6.10. The average Bonchev–Trinajstić information content (AvgIpc) is 2.93. The van der Waals surface area contributed by atoms with E-state index in [4.69, 9.17) is 5.11 Å². The van der Waals surface area contributed by atoms with Crippen LogP contribution < -0.4 is 10.9 Å². The fourth-order valence-corrected chi connectivity index (χ4v) is 3.39. The third-order valence-corrected chi connectivity index (χ3v) is 4.42. The van der Waals surface area contributed by atoms with Gasteiger partial charge in [0.2, 0.25) is 5.56 Å². The zero-order valence-corrected chi connectivity index (χ0v) is 12.6. The van der Waals surface area contributed by atoms with Crippen molar-refractivity contribution < 1.29 is 14.7 Å². The Kier molecular flexibility index (Phi) is 3.90. The smallest absolute Gasteiger partial charge is 0.305 e. The fraction of sp³-hybridized carbons (Fsp3) is 0.353. The van der Waals surface area contributed by atoms with Gasteiger partial charge in [-0.3, -0.25) is 14.4 Å². The summed E-state index contributed by atoms with van der Waals surface area (Å²) in [7, 11) is 0. The molecule has 2 aromatic rings. The lowest BCUT2D eigenvalue weighted by atomic mass is 9.92. The number of carbonyl (C=O) groups is 2. The summed E-state index contributed by atoms with van der Waals surface area (Å²) in [4.78, 5) is 38.3. The van der Waals surface area contributed by atoms with Gasteiger partial charge in [-0.05, 0) is 18.9 Å². The molecule has 0 bridgehead atoms. The molecule has 0 spiro atoms. The number of benzene rings is 1. The molecular weight excluding hydrogens is 296 g/mol. The molecule has 0 saturated heterocycles. The molecule has 0 radical (unpaired) electrons. The van der Waals surface area contributed by atoms with Crippen LogP contribution in [0.5, 0.6) is 0 Å². The van der Waals surface area contributed by atoms with E-state index >= 15 is 0 Å². The number of aromatic amines is 1. The lowest BCUT2D eigenvalue weighted by Crippen LogP contribution is -2.48. The molecular formula is C17H18N2O4. The highest BCUT2D eigenvalue weighted by Gasteiger charge is 2.37. The highest BCUT2D eigenvalue weighted by atomic mass is 16.4. The van der Waals surface area contributed by atoms with Crippen molar-refractivity contribution in [1.82, 2.24) is 10.3 Å². The van der Waals surface area contributed by atoms with E-state index in [1.807, 2.05) is 0 Å². The lowest BCUT2D eigenvalue weighted by Gasteiger charge is -2.28. The van der Waals surface area contributed by atoms with Gasteiger partial charge in [0, 0.05) is 17.0 Å². The predicted octanol–water partition coefficient (Wildman–Crippen LogP) is 2.05. The van der Waals surface area contributed by atoms with Gasteiger partial charge < -0.3 is 15.4 Å². The Hall–Kier alpha value is -2.63. The molecule has 6 nitrogen and oxygen atoms in total. The van der Waals surface area contributed by atoms with Crippen molar-refractivity contribution in [3.63, 3.8) is 0 Å². The van der Waals surface area contributed by atoms with Crippen molar-refractivity contribution in [2.75, 3.05) is 0 Å². The van der Waals surface area contributed by atoms with E-state index < -0.39 is 17.4 Å². The van der Waals surface area contributed by atoms with Crippen molar-refractivity contribution in [2.45, 2.75) is 37.6 Å². The summed E-state index contributed by atoms with van der Waals surface area (Å²) in [6.07, 6.45) is 2.98. The summed E-state index contributed by atoms with van der Waals surface area (Å²) in [5, 5.41) is 12.7. The minimum Gasteiger partial charge on any atom is -0.481 e. The van der Waals surface area contributed by atoms with Crippen LogP contribution in [-0.4, -0.2) is 27.5 Å². The van der Waals surface area contributed by atoms with Gasteiger partial charge in [-0.2, -0.15) is 0 Å². The largest absolute Gasteiger partial charge is 0.481 e. The van der Waals surface area contributed by atoms with E-state index in [-0.39, 0.29) is 17.5 Å². The first-order valence-electron chi connectivity index (χ1n) is 7.65. The van der Waals surface area contributed by atoms with Gasteiger partial charge in [-0.1, -0.05) is 31.0 Å². The molecule has 23 heavy (non-hydrogen) atoms. The Morgan fingerprint density at radius 2 is 1.91 bits per heavy atom. The molecule has 1 aliphatic carbocycles. The number of aromatic nitrogens is 1. The third-order valence-electron chi connectivity index (χ3n) is 4.42. The van der Waals surface area contributed by atoms with Gasteiger partial charge in [0.1, 0.15) is 0 Å². The summed E-state index contributed by atoms with van der Waals surface area (Å²) >= 11 is 0. The molecule has 1 amide bonds. The van der Waals surface area contributed by atoms with Crippen molar-refractivity contribution in [1.29, 1.82) is 0 Å². The third kappa shape index (κ3) is 3.11. The first-order valence-corrected chi connectivity index (χ1v) is 7.65. The number of amides is 1. The second kappa shape index (κ2) is 5.87. The number of H-pyrrole nitrogens is 1. The number of carboxylic acids is 1. The van der Waals surface area contributed by atoms with Gasteiger partial charge >= 0.3 is 5.97 Å². The van der Waals surface area contributed by atoms with E-state index in [2.05, 4.69) is 10.3 Å². The average molecular weight is 314 g/mol. The van der Waals surface area contributed by atoms with Gasteiger partial charge in [0.25, 0.3) is 5.91 Å². The molecule has 1 aromatic heterocycles. The number of aliphatic carboxylic acids is 1. The lowest BCUT2D eigenvalue weighted by molar-refractivity contribution is -0.138. The Morgan fingerprint density at radius 3 is 2.61 bits per heavy atom. The van der Waals surface area contributed by atoms with Crippen molar-refractivity contribution in [2.24, 2.45) is 0 Å². The summed E-state index contributed by atoms with van der Waals surface area (Å²) < 4.78 is 0. The van der Waals surface area contributed by atoms with E-state index in [0.717, 1.165) is 12.8 Å². The number of carboxylic acid groups (broad SMARTS) is 1. The highest BCUT2D eigenvalue weighted by molar-refractivity contribution is 6.06. The molecule has 1 saturated carbocycles. The van der Waals surface area contributed by atoms with Crippen LogP contribution in [0, 0.1) is 0 Å². The number of rotatable bonds is 4. The number of fused-ring (bicyclic) bond motifs is 1. The molecule has 6 heteroatoms. The standard InChI is InChI=1S/C17H18N2O4/c20-14-9-12(11-5-1-2-6-13(11)18-14)16(23)19-17(10-15(21)22)7-3-4-8-17/h1-2,5-6,9H,3-4,7-8,10H2,(H,18,20)(H,19,23)(H,21,22). The zero-order valence-electron chi connectivity index (χ0n) is 12.6. The monoisotopic (exact) mass is 314 g/mol. The Balaban J connectivity index is 1.97. The molecule has 0 atom stereocenters. The second-order valence-corrected chi connectivity index (χ2v) is 6.10. The minimum atomic E-state index is -0.928. The Bertz CT molecular complexity index is 819. The van der Waals surface area contributed by atoms with Crippen LogP contribution in [0.25, 0.3) is 10.9 Å². The van der Waals surface area contributed by atoms with Crippen LogP contribution in [0.3, 0.4) is 0 Å². The van der Waals surface area contributed by atoms with Crippen molar-refractivity contribution in [3.8, 4) is 0 Å². The predicted molar refractivity (Wildman–Crippen MR) is 85.5 cm³/mol. The van der Waals surface area contributed by atoms with Gasteiger partial charge in [-0.15, -0.1) is 0 Å². The van der Waals surface area contributed by atoms with Crippen LogP contribution in [0.1, 0.15) is 42.5 Å². The van der Waals surface area contributed by atoms with E-state index in [0.29, 0.717) is 23.7 Å². The maximum atomic E-state index is 12.7. The van der Waals surface area contributed by atoms with Crippen molar-refractivity contribution >= 4 is 22.8 Å². The minimum absolute atomic E-state index is 0.0974. The number of hydrogen-bond acceptors (Lipinski definition) is 3. The molecule has 1 fully saturated rings. The molecule has 3 rings (SSSR count). The topological polar surface area (TPSA) is 99.3 Å². The van der Waals surface area contributed by atoms with Crippen LogP contribution in [0.4, 0.5) is 0 Å². The van der Waals surface area contributed by atoms with E-state index in [1.165, 1.54) is 6.07 Å². The molecule has 0 unspecified atom stereocenters. The molecule has 1 heterocycles. The van der Waals surface area contributed by atoms with E-state index in [1.54, 1.807) is 24.3 Å². The SMILES string of the molecule is O=C(O)CC1(NC(=O)c2cc(=O)[nH]c3ccccc23)CCCC1. The number of hydrogen-bond donors (Lipinski definition) is 3. The van der Waals surface area contributed by atoms with Gasteiger partial charge in [-0.25, -0.2) is 0 Å². The van der Waals surface area contributed by atoms with Crippen LogP contribution >= 0.6 is 0 Å². The van der Waals surface area contributed by atoms with Crippen LogP contribution in [0.15, 0.2) is 35.1 Å². The van der Waals surface area contributed by atoms with Crippen LogP contribution in [-0.2, 0) is 4.79 Å². The zero-order chi connectivity index (χ0) is 16.4. The van der Waals surface area contributed by atoms with Gasteiger partial charge in [0.05, 0.1) is 17.5 Å². The Labute approximate surface area is 132 Å². The molecule has 120 valence electrons. The quantitative estimate of drug-likeness (QED) is 0.804. The Morgan fingerprint density at radius 1 is 1.22 bits per heavy atom. The molecule has 1 aromatic carbocycles. The number of nitrogens with one attached hydrogen (secondary N) is 2. The van der Waals surface area contributed by atoms with Gasteiger partial charge in [0.15, 0.2) is 0 Å². The number of para-hydroxylation sites is 1.